The first-order chi connectivity index (χ1) is 9.17. The van der Waals surface area contributed by atoms with Crippen molar-refractivity contribution in [2.45, 2.75) is 59.3 Å². The Morgan fingerprint density at radius 3 is 2.68 bits per heavy atom. The average molecular weight is 260 g/mol. The SMILES string of the molecule is CCc1nnc(C)cc1C(=O)C1CCCCC1CC. The molecule has 0 bridgehead atoms. The van der Waals surface area contributed by atoms with Crippen LogP contribution in [0.15, 0.2) is 6.07 Å². The van der Waals surface area contributed by atoms with Crippen LogP contribution in [-0.2, 0) is 6.42 Å². The van der Waals surface area contributed by atoms with Crippen LogP contribution in [0.25, 0.3) is 0 Å². The topological polar surface area (TPSA) is 42.9 Å². The van der Waals surface area contributed by atoms with E-state index in [0.29, 0.717) is 11.7 Å². The van der Waals surface area contributed by atoms with Crippen LogP contribution in [-0.4, -0.2) is 16.0 Å². The first-order valence-corrected chi connectivity index (χ1v) is 7.54. The zero-order valence-corrected chi connectivity index (χ0v) is 12.3. The molecule has 3 nitrogen and oxygen atoms in total. The van der Waals surface area contributed by atoms with Gasteiger partial charge in [0, 0.05) is 11.5 Å². The van der Waals surface area contributed by atoms with Crippen LogP contribution in [0.4, 0.5) is 0 Å². The number of carbonyl (C=O) groups excluding carboxylic acids is 1. The second-order valence-electron chi connectivity index (χ2n) is 5.62. The van der Waals surface area contributed by atoms with Gasteiger partial charge >= 0.3 is 0 Å². The van der Waals surface area contributed by atoms with Crippen LogP contribution in [0, 0.1) is 18.8 Å². The van der Waals surface area contributed by atoms with Crippen LogP contribution in [0.5, 0.6) is 0 Å². The van der Waals surface area contributed by atoms with E-state index in [4.69, 9.17) is 0 Å². The minimum Gasteiger partial charge on any atom is -0.294 e. The van der Waals surface area contributed by atoms with Gasteiger partial charge in [0.25, 0.3) is 0 Å². The normalized spacial score (nSPS) is 23.3. The highest BCUT2D eigenvalue weighted by Crippen LogP contribution is 2.34. The van der Waals surface area contributed by atoms with Gasteiger partial charge in [-0.2, -0.15) is 10.2 Å². The molecule has 104 valence electrons. The van der Waals surface area contributed by atoms with Crippen molar-refractivity contribution in [1.82, 2.24) is 10.2 Å². The Bertz CT molecular complexity index is 456. The maximum absolute atomic E-state index is 12.8. The number of aromatic nitrogens is 2. The van der Waals surface area contributed by atoms with Crippen LogP contribution in [0.1, 0.15) is 67.7 Å². The molecule has 1 fully saturated rings. The van der Waals surface area contributed by atoms with Gasteiger partial charge in [-0.25, -0.2) is 0 Å². The van der Waals surface area contributed by atoms with Gasteiger partial charge < -0.3 is 0 Å². The number of ketones is 1. The Labute approximate surface area is 115 Å². The molecule has 1 heterocycles. The molecule has 3 heteroatoms. The second kappa shape index (κ2) is 6.27. The number of carbonyl (C=O) groups is 1. The minimum atomic E-state index is 0.202. The van der Waals surface area contributed by atoms with Gasteiger partial charge in [-0.3, -0.25) is 4.79 Å². The largest absolute Gasteiger partial charge is 0.294 e. The summed E-state index contributed by atoms with van der Waals surface area (Å²) in [6.07, 6.45) is 6.59. The van der Waals surface area contributed by atoms with Crippen molar-refractivity contribution in [2.24, 2.45) is 11.8 Å². The number of Topliss-reactive ketones (excluding diaryl/α,β-unsaturated/α-hetero) is 1. The zero-order valence-electron chi connectivity index (χ0n) is 12.3. The molecule has 0 aliphatic heterocycles. The van der Waals surface area contributed by atoms with Gasteiger partial charge in [-0.1, -0.05) is 33.1 Å². The third kappa shape index (κ3) is 3.02. The molecule has 1 aliphatic carbocycles. The third-order valence-electron chi connectivity index (χ3n) is 4.36. The smallest absolute Gasteiger partial charge is 0.168 e. The van der Waals surface area contributed by atoms with E-state index in [0.717, 1.165) is 36.2 Å². The third-order valence-corrected chi connectivity index (χ3v) is 4.36. The van der Waals surface area contributed by atoms with Crippen molar-refractivity contribution in [3.63, 3.8) is 0 Å². The van der Waals surface area contributed by atoms with Crippen LogP contribution in [0.2, 0.25) is 0 Å². The molecule has 1 aromatic rings. The van der Waals surface area contributed by atoms with E-state index in [9.17, 15) is 4.79 Å². The molecule has 0 aromatic carbocycles. The monoisotopic (exact) mass is 260 g/mol. The van der Waals surface area contributed by atoms with Gasteiger partial charge in [0.15, 0.2) is 5.78 Å². The fraction of sp³-hybridized carbons (Fsp3) is 0.688. The van der Waals surface area contributed by atoms with E-state index in [2.05, 4.69) is 17.1 Å². The molecule has 1 aliphatic rings. The highest BCUT2D eigenvalue weighted by atomic mass is 16.1. The molecule has 0 N–H and O–H groups in total. The lowest BCUT2D eigenvalue weighted by Gasteiger charge is -2.30. The van der Waals surface area contributed by atoms with E-state index in [1.54, 1.807) is 0 Å². The Kier molecular flexibility index (Phi) is 4.67. The maximum Gasteiger partial charge on any atom is 0.168 e. The number of hydrogen-bond acceptors (Lipinski definition) is 3. The van der Waals surface area contributed by atoms with Gasteiger partial charge in [0.05, 0.1) is 11.4 Å². The fourth-order valence-electron chi connectivity index (χ4n) is 3.23. The predicted octanol–water partition coefficient (Wildman–Crippen LogP) is 3.75. The Balaban J connectivity index is 2.29. The van der Waals surface area contributed by atoms with Crippen molar-refractivity contribution < 1.29 is 4.79 Å². The first kappa shape index (κ1) is 14.2. The summed E-state index contributed by atoms with van der Waals surface area (Å²) in [4.78, 5) is 12.8. The summed E-state index contributed by atoms with van der Waals surface area (Å²) in [5, 5.41) is 8.27. The molecule has 0 radical (unpaired) electrons. The summed E-state index contributed by atoms with van der Waals surface area (Å²) >= 11 is 0. The predicted molar refractivity (Wildman–Crippen MR) is 76.2 cm³/mol. The number of rotatable bonds is 4. The molecule has 0 spiro atoms. The number of aryl methyl sites for hydroxylation is 2. The first-order valence-electron chi connectivity index (χ1n) is 7.54. The van der Waals surface area contributed by atoms with E-state index in [1.165, 1.54) is 19.3 Å². The van der Waals surface area contributed by atoms with Crippen LogP contribution in [0.3, 0.4) is 0 Å². The fourth-order valence-corrected chi connectivity index (χ4v) is 3.23. The molecular formula is C16H24N2O. The lowest BCUT2D eigenvalue weighted by Crippen LogP contribution is -2.28. The van der Waals surface area contributed by atoms with Crippen molar-refractivity contribution in [1.29, 1.82) is 0 Å². The summed E-state index contributed by atoms with van der Waals surface area (Å²) in [7, 11) is 0. The quantitative estimate of drug-likeness (QED) is 0.774. The average Bonchev–Trinajstić information content (AvgIpc) is 2.46. The van der Waals surface area contributed by atoms with E-state index in [1.807, 2.05) is 19.9 Å². The van der Waals surface area contributed by atoms with E-state index < -0.39 is 0 Å². The summed E-state index contributed by atoms with van der Waals surface area (Å²) in [5.41, 5.74) is 2.51. The standard InChI is InChI=1S/C16H24N2O/c1-4-12-8-6-7-9-13(12)16(19)14-10-11(3)17-18-15(14)5-2/h10,12-13H,4-9H2,1-3H3. The Hall–Kier alpha value is -1.25. The van der Waals surface area contributed by atoms with Crippen molar-refractivity contribution in [3.05, 3.63) is 23.0 Å². The highest BCUT2D eigenvalue weighted by Gasteiger charge is 2.31. The Morgan fingerprint density at radius 2 is 2.00 bits per heavy atom. The van der Waals surface area contributed by atoms with Gasteiger partial charge in [0.2, 0.25) is 0 Å². The van der Waals surface area contributed by atoms with Crippen molar-refractivity contribution in [2.75, 3.05) is 0 Å². The number of hydrogen-bond donors (Lipinski definition) is 0. The van der Waals surface area contributed by atoms with Crippen LogP contribution < -0.4 is 0 Å². The molecule has 2 unspecified atom stereocenters. The molecule has 19 heavy (non-hydrogen) atoms. The van der Waals surface area contributed by atoms with Gasteiger partial charge in [-0.05, 0) is 38.2 Å². The molecule has 0 amide bonds. The van der Waals surface area contributed by atoms with Crippen molar-refractivity contribution >= 4 is 5.78 Å². The number of nitrogens with zero attached hydrogens (tertiary/aromatic N) is 2. The zero-order chi connectivity index (χ0) is 13.8. The summed E-state index contributed by atoms with van der Waals surface area (Å²) in [6, 6.07) is 1.93. The van der Waals surface area contributed by atoms with Crippen LogP contribution >= 0.6 is 0 Å². The molecule has 2 rings (SSSR count). The van der Waals surface area contributed by atoms with Gasteiger partial charge in [0.1, 0.15) is 0 Å². The van der Waals surface area contributed by atoms with Crippen molar-refractivity contribution in [3.8, 4) is 0 Å². The summed E-state index contributed by atoms with van der Waals surface area (Å²) in [5.74, 6) is 1.06. The van der Waals surface area contributed by atoms with E-state index >= 15 is 0 Å². The second-order valence-corrected chi connectivity index (χ2v) is 5.62. The maximum atomic E-state index is 12.8. The van der Waals surface area contributed by atoms with Gasteiger partial charge in [-0.15, -0.1) is 0 Å². The molecule has 1 saturated carbocycles. The molecular weight excluding hydrogens is 236 g/mol. The minimum absolute atomic E-state index is 0.202. The molecule has 1 aromatic heterocycles. The highest BCUT2D eigenvalue weighted by molar-refractivity contribution is 5.99. The molecule has 2 atom stereocenters. The lowest BCUT2D eigenvalue weighted by atomic mass is 9.74. The summed E-state index contributed by atoms with van der Waals surface area (Å²) < 4.78 is 0. The molecule has 0 saturated heterocycles. The lowest BCUT2D eigenvalue weighted by molar-refractivity contribution is 0.0818. The summed E-state index contributed by atoms with van der Waals surface area (Å²) in [6.45, 7) is 6.14. The van der Waals surface area contributed by atoms with E-state index in [-0.39, 0.29) is 5.92 Å². The Morgan fingerprint density at radius 1 is 1.26 bits per heavy atom.